The molecule has 0 heterocycles. The lowest BCUT2D eigenvalue weighted by molar-refractivity contribution is -0.0960. The molecule has 0 aliphatic heterocycles. The van der Waals surface area contributed by atoms with Crippen LogP contribution in [0.4, 0.5) is 0 Å². The molecule has 0 saturated heterocycles. The second-order valence-corrected chi connectivity index (χ2v) is 5.58. The number of sulfonamides is 1. The minimum absolute atomic E-state index is 0.00838. The Balaban J connectivity index is 2.98. The van der Waals surface area contributed by atoms with Crippen molar-refractivity contribution in [1.29, 1.82) is 5.26 Å². The average Bonchev–Trinajstić information content (AvgIpc) is 2.40. The van der Waals surface area contributed by atoms with Crippen LogP contribution in [0.5, 0.6) is 0 Å². The Labute approximate surface area is 113 Å². The highest BCUT2D eigenvalue weighted by Gasteiger charge is 2.19. The molecule has 0 radical (unpaired) electrons. The number of ether oxygens (including phenoxy) is 2. The molecule has 0 bridgehead atoms. The molecule has 6 nitrogen and oxygen atoms in total. The van der Waals surface area contributed by atoms with E-state index in [0.29, 0.717) is 11.1 Å². The van der Waals surface area contributed by atoms with Crippen molar-refractivity contribution in [2.24, 2.45) is 0 Å². The van der Waals surface area contributed by atoms with E-state index in [1.165, 1.54) is 20.3 Å². The molecule has 1 aromatic carbocycles. The third-order valence-corrected chi connectivity index (χ3v) is 4.14. The molecule has 1 aromatic rings. The van der Waals surface area contributed by atoms with Gasteiger partial charge in [0.15, 0.2) is 6.29 Å². The van der Waals surface area contributed by atoms with E-state index in [4.69, 9.17) is 14.7 Å². The van der Waals surface area contributed by atoms with Gasteiger partial charge in [0, 0.05) is 14.2 Å². The number of nitrogens with zero attached hydrogens (tertiary/aromatic N) is 1. The third kappa shape index (κ3) is 4.01. The summed E-state index contributed by atoms with van der Waals surface area (Å²) in [5.41, 5.74) is 0.860. The number of hydrogen-bond acceptors (Lipinski definition) is 5. The molecular formula is C12H16N2O4S. The van der Waals surface area contributed by atoms with Gasteiger partial charge in [0.25, 0.3) is 0 Å². The number of nitrogens with one attached hydrogen (secondary N) is 1. The van der Waals surface area contributed by atoms with Gasteiger partial charge in [0.05, 0.1) is 23.1 Å². The van der Waals surface area contributed by atoms with Gasteiger partial charge in [-0.05, 0) is 24.6 Å². The first-order valence-electron chi connectivity index (χ1n) is 5.50. The SMILES string of the molecule is COC(CNS(=O)(=O)c1cc(C#N)ccc1C)OC. The van der Waals surface area contributed by atoms with Crippen LogP contribution in [-0.2, 0) is 19.5 Å². The number of nitriles is 1. The summed E-state index contributed by atoms with van der Waals surface area (Å²) in [6.07, 6.45) is -0.658. The van der Waals surface area contributed by atoms with Crippen molar-refractivity contribution in [2.75, 3.05) is 20.8 Å². The third-order valence-electron chi connectivity index (χ3n) is 2.57. The van der Waals surface area contributed by atoms with E-state index in [9.17, 15) is 8.42 Å². The molecular weight excluding hydrogens is 268 g/mol. The minimum atomic E-state index is -3.70. The van der Waals surface area contributed by atoms with Gasteiger partial charge in [-0.15, -0.1) is 0 Å². The molecule has 0 atom stereocenters. The van der Waals surface area contributed by atoms with Gasteiger partial charge in [-0.25, -0.2) is 13.1 Å². The van der Waals surface area contributed by atoms with Gasteiger partial charge in [-0.3, -0.25) is 0 Å². The number of aryl methyl sites for hydroxylation is 1. The molecule has 19 heavy (non-hydrogen) atoms. The number of methoxy groups -OCH3 is 2. The van der Waals surface area contributed by atoms with E-state index in [-0.39, 0.29) is 11.4 Å². The van der Waals surface area contributed by atoms with Crippen LogP contribution in [-0.4, -0.2) is 35.5 Å². The Hall–Kier alpha value is -1.46. The zero-order valence-corrected chi connectivity index (χ0v) is 11.8. The molecule has 0 unspecified atom stereocenters. The van der Waals surface area contributed by atoms with Gasteiger partial charge in [-0.2, -0.15) is 5.26 Å². The molecule has 0 aliphatic rings. The van der Waals surface area contributed by atoms with Crippen molar-refractivity contribution in [1.82, 2.24) is 4.72 Å². The molecule has 104 valence electrons. The van der Waals surface area contributed by atoms with Gasteiger partial charge < -0.3 is 9.47 Å². The standard InChI is InChI=1S/C12H16N2O4S/c1-9-4-5-10(7-13)6-11(9)19(15,16)14-8-12(17-2)18-3/h4-6,12,14H,8H2,1-3H3. The molecule has 0 amide bonds. The second-order valence-electron chi connectivity index (χ2n) is 3.84. The van der Waals surface area contributed by atoms with E-state index in [1.54, 1.807) is 19.1 Å². The summed E-state index contributed by atoms with van der Waals surface area (Å²) < 4.78 is 36.4. The zero-order valence-electron chi connectivity index (χ0n) is 11.0. The highest BCUT2D eigenvalue weighted by atomic mass is 32.2. The predicted octanol–water partition coefficient (Wildman–Crippen LogP) is 0.764. The maximum Gasteiger partial charge on any atom is 0.241 e. The molecule has 0 spiro atoms. The highest BCUT2D eigenvalue weighted by molar-refractivity contribution is 7.89. The fraction of sp³-hybridized carbons (Fsp3) is 0.417. The number of benzene rings is 1. The number of hydrogen-bond donors (Lipinski definition) is 1. The summed E-state index contributed by atoms with van der Waals surface area (Å²) in [5.74, 6) is 0. The van der Waals surface area contributed by atoms with Crippen LogP contribution < -0.4 is 4.72 Å². The van der Waals surface area contributed by atoms with E-state index < -0.39 is 16.3 Å². The smallest absolute Gasteiger partial charge is 0.241 e. The van der Waals surface area contributed by atoms with Crippen molar-refractivity contribution in [2.45, 2.75) is 18.1 Å². The summed E-state index contributed by atoms with van der Waals surface area (Å²) in [4.78, 5) is 0.0810. The molecule has 1 rings (SSSR count). The van der Waals surface area contributed by atoms with Crippen LogP contribution in [0.1, 0.15) is 11.1 Å². The normalized spacial score (nSPS) is 11.5. The van der Waals surface area contributed by atoms with Crippen molar-refractivity contribution < 1.29 is 17.9 Å². The first-order chi connectivity index (χ1) is 8.94. The minimum Gasteiger partial charge on any atom is -0.355 e. The summed E-state index contributed by atoms with van der Waals surface area (Å²) in [6.45, 7) is 1.66. The zero-order chi connectivity index (χ0) is 14.5. The Morgan fingerprint density at radius 1 is 1.37 bits per heavy atom. The first-order valence-corrected chi connectivity index (χ1v) is 6.99. The van der Waals surface area contributed by atoms with E-state index in [2.05, 4.69) is 4.72 Å². The quantitative estimate of drug-likeness (QED) is 0.779. The molecule has 0 aromatic heterocycles. The maximum absolute atomic E-state index is 12.1. The summed E-state index contributed by atoms with van der Waals surface area (Å²) >= 11 is 0. The van der Waals surface area contributed by atoms with Crippen molar-refractivity contribution in [3.63, 3.8) is 0 Å². The molecule has 0 aliphatic carbocycles. The van der Waals surface area contributed by atoms with Gasteiger partial charge in [-0.1, -0.05) is 6.07 Å². The average molecular weight is 284 g/mol. The van der Waals surface area contributed by atoms with Gasteiger partial charge in [0.1, 0.15) is 0 Å². The molecule has 1 N–H and O–H groups in total. The van der Waals surface area contributed by atoms with Gasteiger partial charge >= 0.3 is 0 Å². The van der Waals surface area contributed by atoms with E-state index in [1.807, 2.05) is 6.07 Å². The topological polar surface area (TPSA) is 88.4 Å². The maximum atomic E-state index is 12.1. The van der Waals surface area contributed by atoms with Crippen LogP contribution in [0.25, 0.3) is 0 Å². The lowest BCUT2D eigenvalue weighted by Crippen LogP contribution is -2.34. The van der Waals surface area contributed by atoms with Gasteiger partial charge in [0.2, 0.25) is 10.0 Å². The first kappa shape index (κ1) is 15.6. The van der Waals surface area contributed by atoms with Crippen molar-refractivity contribution >= 4 is 10.0 Å². The molecule has 0 saturated carbocycles. The molecule has 7 heteroatoms. The van der Waals surface area contributed by atoms with Crippen LogP contribution in [0.2, 0.25) is 0 Å². The fourth-order valence-electron chi connectivity index (χ4n) is 1.48. The highest BCUT2D eigenvalue weighted by Crippen LogP contribution is 2.16. The van der Waals surface area contributed by atoms with Crippen molar-refractivity contribution in [3.05, 3.63) is 29.3 Å². The number of rotatable bonds is 6. The Morgan fingerprint density at radius 3 is 2.53 bits per heavy atom. The van der Waals surface area contributed by atoms with Crippen LogP contribution in [0, 0.1) is 18.3 Å². The van der Waals surface area contributed by atoms with E-state index >= 15 is 0 Å². The van der Waals surface area contributed by atoms with Crippen LogP contribution in [0.3, 0.4) is 0 Å². The Morgan fingerprint density at radius 2 is 2.00 bits per heavy atom. The summed E-state index contributed by atoms with van der Waals surface area (Å²) in [7, 11) is -0.859. The van der Waals surface area contributed by atoms with Crippen LogP contribution >= 0.6 is 0 Å². The Bertz CT molecular complexity index is 574. The van der Waals surface area contributed by atoms with Crippen molar-refractivity contribution in [3.8, 4) is 6.07 Å². The monoisotopic (exact) mass is 284 g/mol. The van der Waals surface area contributed by atoms with E-state index in [0.717, 1.165) is 0 Å². The predicted molar refractivity (Wildman–Crippen MR) is 68.9 cm³/mol. The fourth-order valence-corrected chi connectivity index (χ4v) is 2.76. The summed E-state index contributed by atoms with van der Waals surface area (Å²) in [5, 5.41) is 8.81. The Kier molecular flexibility index (Phi) is 5.44. The lowest BCUT2D eigenvalue weighted by atomic mass is 10.2. The second kappa shape index (κ2) is 6.63. The largest absolute Gasteiger partial charge is 0.355 e. The lowest BCUT2D eigenvalue weighted by Gasteiger charge is -2.15. The van der Waals surface area contributed by atoms with Crippen LogP contribution in [0.15, 0.2) is 23.1 Å². The molecule has 0 fully saturated rings. The summed E-state index contributed by atoms with van der Waals surface area (Å²) in [6, 6.07) is 6.42.